The molecule has 0 aliphatic rings. The van der Waals surface area contributed by atoms with E-state index < -0.39 is 5.91 Å². The fourth-order valence-corrected chi connectivity index (χ4v) is 2.72. The van der Waals surface area contributed by atoms with Crippen molar-refractivity contribution in [2.45, 2.75) is 6.92 Å². The van der Waals surface area contributed by atoms with E-state index in [1.165, 1.54) is 0 Å². The average molecular weight is 466 g/mol. The van der Waals surface area contributed by atoms with Crippen LogP contribution < -0.4 is 20.9 Å². The number of amides is 2. The van der Waals surface area contributed by atoms with E-state index in [4.69, 9.17) is 21.7 Å². The van der Waals surface area contributed by atoms with Gasteiger partial charge >= 0.3 is 0 Å². The molecule has 0 aliphatic carbocycles. The number of aryl methyl sites for hydroxylation is 1. The number of nitrogens with one attached hydrogen (secondary N) is 3. The van der Waals surface area contributed by atoms with Crippen LogP contribution in [-0.4, -0.2) is 37.3 Å². The van der Waals surface area contributed by atoms with Gasteiger partial charge in [0.05, 0.1) is 12.2 Å². The summed E-state index contributed by atoms with van der Waals surface area (Å²) in [6, 6.07) is 12.1. The second-order valence-corrected chi connectivity index (χ2v) is 7.04. The highest BCUT2D eigenvalue weighted by atomic mass is 79.9. The van der Waals surface area contributed by atoms with E-state index in [9.17, 15) is 9.59 Å². The number of methoxy groups -OCH3 is 1. The van der Waals surface area contributed by atoms with E-state index in [-0.39, 0.29) is 11.0 Å². The topological polar surface area (TPSA) is 88.7 Å². The minimum atomic E-state index is -0.476. The van der Waals surface area contributed by atoms with E-state index in [0.717, 1.165) is 5.56 Å². The fourth-order valence-electron chi connectivity index (χ4n) is 2.21. The number of carbonyl (C=O) groups excluding carboxylic acids is 2. The molecule has 0 unspecified atom stereocenters. The van der Waals surface area contributed by atoms with Gasteiger partial charge in [0.15, 0.2) is 5.11 Å². The fraction of sp³-hybridized carbons (Fsp3) is 0.211. The van der Waals surface area contributed by atoms with Gasteiger partial charge in [0, 0.05) is 17.1 Å². The molecule has 2 aromatic rings. The number of benzene rings is 2. The van der Waals surface area contributed by atoms with Crippen LogP contribution in [0.2, 0.25) is 0 Å². The molecule has 148 valence electrons. The molecular formula is C19H20BrN3O4S. The van der Waals surface area contributed by atoms with E-state index in [1.807, 2.05) is 13.0 Å². The number of rotatable bonds is 6. The van der Waals surface area contributed by atoms with Crippen molar-refractivity contribution in [1.29, 1.82) is 0 Å². The molecule has 3 N–H and O–H groups in total. The molecule has 2 amide bonds. The van der Waals surface area contributed by atoms with Gasteiger partial charge in [0.1, 0.15) is 12.4 Å². The van der Waals surface area contributed by atoms with Gasteiger partial charge < -0.3 is 9.47 Å². The van der Waals surface area contributed by atoms with Crippen molar-refractivity contribution in [3.8, 4) is 5.75 Å². The molecule has 0 radical (unpaired) electrons. The number of ether oxygens (including phenoxy) is 2. The van der Waals surface area contributed by atoms with Crippen molar-refractivity contribution in [2.75, 3.05) is 20.3 Å². The van der Waals surface area contributed by atoms with Crippen molar-refractivity contribution >= 4 is 45.1 Å². The van der Waals surface area contributed by atoms with Crippen LogP contribution in [0.25, 0.3) is 0 Å². The molecule has 9 heteroatoms. The van der Waals surface area contributed by atoms with Gasteiger partial charge in [-0.05, 0) is 49.5 Å². The third-order valence-electron chi connectivity index (χ3n) is 3.53. The van der Waals surface area contributed by atoms with Gasteiger partial charge in [-0.2, -0.15) is 0 Å². The lowest BCUT2D eigenvalue weighted by atomic mass is 10.1. The maximum atomic E-state index is 12.5. The summed E-state index contributed by atoms with van der Waals surface area (Å²) in [5.41, 5.74) is 6.69. The van der Waals surface area contributed by atoms with Crippen LogP contribution in [0.5, 0.6) is 5.75 Å². The quantitative estimate of drug-likeness (QED) is 0.345. The zero-order valence-electron chi connectivity index (χ0n) is 15.4. The number of thiocarbonyl (C=S) groups is 1. The molecule has 0 spiro atoms. The SMILES string of the molecule is COCCOc1ccc(Br)cc1C(=O)NC(=S)NNC(=O)c1cccc(C)c1. The highest BCUT2D eigenvalue weighted by Crippen LogP contribution is 2.23. The largest absolute Gasteiger partial charge is 0.490 e. The first kappa shape index (κ1) is 21.8. The predicted molar refractivity (Wildman–Crippen MR) is 113 cm³/mol. The Hall–Kier alpha value is -2.49. The van der Waals surface area contributed by atoms with Gasteiger partial charge in [-0.25, -0.2) is 0 Å². The minimum Gasteiger partial charge on any atom is -0.490 e. The number of hydrogen-bond donors (Lipinski definition) is 3. The van der Waals surface area contributed by atoms with Gasteiger partial charge in [-0.3, -0.25) is 25.8 Å². The highest BCUT2D eigenvalue weighted by molar-refractivity contribution is 9.10. The van der Waals surface area contributed by atoms with Crippen LogP contribution in [0.15, 0.2) is 46.9 Å². The molecule has 0 saturated heterocycles. The maximum Gasteiger partial charge on any atom is 0.269 e. The first-order chi connectivity index (χ1) is 13.4. The molecule has 0 bridgehead atoms. The molecule has 0 aliphatic heterocycles. The predicted octanol–water partition coefficient (Wildman–Crippen LogP) is 2.73. The molecular weight excluding hydrogens is 446 g/mol. The normalized spacial score (nSPS) is 10.1. The second-order valence-electron chi connectivity index (χ2n) is 5.71. The van der Waals surface area contributed by atoms with Gasteiger partial charge in [0.2, 0.25) is 0 Å². The van der Waals surface area contributed by atoms with E-state index in [2.05, 4.69) is 32.1 Å². The maximum absolute atomic E-state index is 12.5. The van der Waals surface area contributed by atoms with Crippen LogP contribution in [0.4, 0.5) is 0 Å². The number of hydrazine groups is 1. The third kappa shape index (κ3) is 6.59. The van der Waals surface area contributed by atoms with Crippen molar-refractivity contribution in [1.82, 2.24) is 16.2 Å². The van der Waals surface area contributed by atoms with Crippen LogP contribution >= 0.6 is 28.1 Å². The van der Waals surface area contributed by atoms with Crippen LogP contribution in [0.3, 0.4) is 0 Å². The highest BCUT2D eigenvalue weighted by Gasteiger charge is 2.15. The summed E-state index contributed by atoms with van der Waals surface area (Å²) in [7, 11) is 1.56. The number of carbonyl (C=O) groups is 2. The molecule has 2 aromatic carbocycles. The summed E-state index contributed by atoms with van der Waals surface area (Å²) < 4.78 is 11.2. The monoisotopic (exact) mass is 465 g/mol. The minimum absolute atomic E-state index is 0.0474. The molecule has 0 fully saturated rings. The average Bonchev–Trinajstić information content (AvgIpc) is 2.67. The Morgan fingerprint density at radius 3 is 2.57 bits per heavy atom. The molecule has 0 saturated carbocycles. The van der Waals surface area contributed by atoms with Gasteiger partial charge in [-0.15, -0.1) is 0 Å². The van der Waals surface area contributed by atoms with Crippen molar-refractivity contribution in [2.24, 2.45) is 0 Å². The molecule has 0 atom stereocenters. The summed E-state index contributed by atoms with van der Waals surface area (Å²) in [4.78, 5) is 24.7. The molecule has 0 heterocycles. The Morgan fingerprint density at radius 2 is 1.86 bits per heavy atom. The molecule has 2 rings (SSSR count). The summed E-state index contributed by atoms with van der Waals surface area (Å²) >= 11 is 8.40. The summed E-state index contributed by atoms with van der Waals surface area (Å²) in [6.07, 6.45) is 0. The summed E-state index contributed by atoms with van der Waals surface area (Å²) in [5, 5.41) is 2.46. The Labute approximate surface area is 176 Å². The van der Waals surface area contributed by atoms with Crippen molar-refractivity contribution in [3.05, 3.63) is 63.6 Å². The van der Waals surface area contributed by atoms with Crippen LogP contribution in [0, 0.1) is 6.92 Å². The van der Waals surface area contributed by atoms with Gasteiger partial charge in [0.25, 0.3) is 11.8 Å². The Kier molecular flexibility index (Phi) is 8.37. The van der Waals surface area contributed by atoms with Crippen LogP contribution in [0.1, 0.15) is 26.3 Å². The number of hydrogen-bond acceptors (Lipinski definition) is 5. The zero-order valence-corrected chi connectivity index (χ0v) is 17.8. The lowest BCUT2D eigenvalue weighted by Crippen LogP contribution is -2.48. The standard InChI is InChI=1S/C19H20BrN3O4S/c1-12-4-3-5-13(10-12)17(24)22-23-19(28)21-18(25)15-11-14(20)6-7-16(15)27-9-8-26-2/h3-7,10-11H,8-9H2,1-2H3,(H,22,24)(H2,21,23,25,28). The van der Waals surface area contributed by atoms with E-state index >= 15 is 0 Å². The van der Waals surface area contributed by atoms with Crippen molar-refractivity contribution < 1.29 is 19.1 Å². The molecule has 7 nitrogen and oxygen atoms in total. The van der Waals surface area contributed by atoms with Crippen LogP contribution in [-0.2, 0) is 4.74 Å². The smallest absolute Gasteiger partial charge is 0.269 e. The first-order valence-electron chi connectivity index (χ1n) is 8.30. The molecule has 0 aromatic heterocycles. The summed E-state index contributed by atoms with van der Waals surface area (Å²) in [6.45, 7) is 2.58. The second kappa shape index (κ2) is 10.7. The Morgan fingerprint density at radius 1 is 1.07 bits per heavy atom. The first-order valence-corrected chi connectivity index (χ1v) is 9.50. The van der Waals surface area contributed by atoms with Gasteiger partial charge in [-0.1, -0.05) is 33.6 Å². The molecule has 28 heavy (non-hydrogen) atoms. The Bertz CT molecular complexity index is 876. The number of halogens is 1. The lowest BCUT2D eigenvalue weighted by molar-refractivity contribution is 0.0933. The zero-order chi connectivity index (χ0) is 20.5. The Balaban J connectivity index is 1.95. The van der Waals surface area contributed by atoms with Crippen molar-refractivity contribution in [3.63, 3.8) is 0 Å². The summed E-state index contributed by atoms with van der Waals surface area (Å²) in [5.74, 6) is -0.452. The lowest BCUT2D eigenvalue weighted by Gasteiger charge is -2.14. The van der Waals surface area contributed by atoms with E-state index in [0.29, 0.717) is 34.6 Å². The van der Waals surface area contributed by atoms with E-state index in [1.54, 1.807) is 43.5 Å². The third-order valence-corrected chi connectivity index (χ3v) is 4.23.